The van der Waals surface area contributed by atoms with E-state index in [4.69, 9.17) is 4.74 Å². The molecule has 2 N–H and O–H groups in total. The van der Waals surface area contributed by atoms with Gasteiger partial charge in [0.15, 0.2) is 0 Å². The number of nitrogens with zero attached hydrogens (tertiary/aromatic N) is 1. The normalized spacial score (nSPS) is 16.8. The highest BCUT2D eigenvalue weighted by Crippen LogP contribution is 2.40. The molecule has 0 aromatic heterocycles. The minimum atomic E-state index is -0.813. The van der Waals surface area contributed by atoms with Crippen molar-refractivity contribution in [2.75, 3.05) is 26.8 Å². The molecule has 0 atom stereocenters. The lowest BCUT2D eigenvalue weighted by Gasteiger charge is -2.38. The lowest BCUT2D eigenvalue weighted by atomic mass is 9.69. The summed E-state index contributed by atoms with van der Waals surface area (Å²) in [5, 5.41) is 11.9. The fraction of sp³-hybridized carbons (Fsp3) is 0.846. The first-order valence-corrected chi connectivity index (χ1v) is 6.70. The Labute approximate surface area is 114 Å². The van der Waals surface area contributed by atoms with Crippen molar-refractivity contribution < 1.29 is 19.4 Å². The van der Waals surface area contributed by atoms with Crippen LogP contribution in [0, 0.1) is 5.41 Å². The van der Waals surface area contributed by atoms with E-state index in [2.05, 4.69) is 5.32 Å². The number of urea groups is 1. The van der Waals surface area contributed by atoms with Crippen LogP contribution in [0.25, 0.3) is 0 Å². The van der Waals surface area contributed by atoms with Crippen LogP contribution in [-0.4, -0.2) is 54.9 Å². The van der Waals surface area contributed by atoms with E-state index in [1.165, 1.54) is 0 Å². The summed E-state index contributed by atoms with van der Waals surface area (Å²) in [6.45, 7) is 5.02. The summed E-state index contributed by atoms with van der Waals surface area (Å²) in [6, 6.07) is -0.170. The summed E-state index contributed by atoms with van der Waals surface area (Å²) in [5.41, 5.74) is -0.750. The molecule has 1 rings (SSSR count). The zero-order chi connectivity index (χ0) is 14.5. The summed E-state index contributed by atoms with van der Waals surface area (Å²) in [4.78, 5) is 24.9. The largest absolute Gasteiger partial charge is 0.481 e. The maximum Gasteiger partial charge on any atom is 0.317 e. The maximum atomic E-state index is 12.1. The quantitative estimate of drug-likeness (QED) is 0.732. The number of carboxylic acids is 1. The molecule has 0 aliphatic heterocycles. The minimum absolute atomic E-state index is 0.0531. The van der Waals surface area contributed by atoms with Crippen LogP contribution in [0.2, 0.25) is 0 Å². The van der Waals surface area contributed by atoms with Crippen molar-refractivity contribution in [1.29, 1.82) is 0 Å². The van der Waals surface area contributed by atoms with Crippen molar-refractivity contribution in [3.05, 3.63) is 0 Å². The number of nitrogens with one attached hydrogen (secondary N) is 1. The van der Waals surface area contributed by atoms with E-state index in [1.807, 2.05) is 13.8 Å². The Bertz CT molecular complexity index is 327. The number of carbonyl (C=O) groups is 2. The highest BCUT2D eigenvalue weighted by Gasteiger charge is 2.44. The summed E-state index contributed by atoms with van der Waals surface area (Å²) in [6.07, 6.45) is 2.20. The van der Waals surface area contributed by atoms with E-state index < -0.39 is 11.4 Å². The Morgan fingerprint density at radius 1 is 1.42 bits per heavy atom. The third-order valence-corrected chi connectivity index (χ3v) is 3.76. The van der Waals surface area contributed by atoms with Gasteiger partial charge in [0.25, 0.3) is 0 Å². The molecule has 0 aromatic rings. The second-order valence-electron chi connectivity index (χ2n) is 5.38. The van der Waals surface area contributed by atoms with Gasteiger partial charge in [0.05, 0.1) is 12.0 Å². The zero-order valence-electron chi connectivity index (χ0n) is 11.9. The van der Waals surface area contributed by atoms with Crippen LogP contribution in [-0.2, 0) is 9.53 Å². The SMILES string of the molecule is COCCN(C(=O)NCC1(C(=O)O)CCC1)C(C)C. The van der Waals surface area contributed by atoms with E-state index >= 15 is 0 Å². The molecule has 0 aromatic carbocycles. The fourth-order valence-electron chi connectivity index (χ4n) is 2.20. The number of aliphatic carboxylic acids is 1. The van der Waals surface area contributed by atoms with Crippen LogP contribution in [0.15, 0.2) is 0 Å². The number of rotatable bonds is 7. The van der Waals surface area contributed by atoms with Gasteiger partial charge in [-0.1, -0.05) is 6.42 Å². The standard InChI is InChI=1S/C13H24N2O4/c1-10(2)15(7-8-19-3)12(18)14-9-13(11(16)17)5-4-6-13/h10H,4-9H2,1-3H3,(H,14,18)(H,16,17). The van der Waals surface area contributed by atoms with Crippen molar-refractivity contribution in [2.24, 2.45) is 5.41 Å². The third kappa shape index (κ3) is 3.83. The Balaban J connectivity index is 2.50. The molecular weight excluding hydrogens is 248 g/mol. The minimum Gasteiger partial charge on any atom is -0.481 e. The smallest absolute Gasteiger partial charge is 0.317 e. The Kier molecular flexibility index (Phi) is 5.60. The van der Waals surface area contributed by atoms with Crippen LogP contribution >= 0.6 is 0 Å². The van der Waals surface area contributed by atoms with Crippen LogP contribution in [0.1, 0.15) is 33.1 Å². The average Bonchev–Trinajstić information content (AvgIpc) is 2.27. The lowest BCUT2D eigenvalue weighted by Crippen LogP contribution is -2.52. The molecule has 110 valence electrons. The van der Waals surface area contributed by atoms with Gasteiger partial charge < -0.3 is 20.1 Å². The lowest BCUT2D eigenvalue weighted by molar-refractivity contribution is -0.153. The van der Waals surface area contributed by atoms with Crippen LogP contribution in [0.3, 0.4) is 0 Å². The van der Waals surface area contributed by atoms with Gasteiger partial charge in [0, 0.05) is 26.2 Å². The average molecular weight is 272 g/mol. The highest BCUT2D eigenvalue weighted by atomic mass is 16.5. The maximum absolute atomic E-state index is 12.1. The molecule has 1 aliphatic carbocycles. The molecule has 2 amide bonds. The summed E-state index contributed by atoms with van der Waals surface area (Å²) in [5.74, 6) is -0.813. The van der Waals surface area contributed by atoms with Crippen LogP contribution < -0.4 is 5.32 Å². The van der Waals surface area contributed by atoms with Crippen molar-refractivity contribution >= 4 is 12.0 Å². The first-order chi connectivity index (χ1) is 8.93. The summed E-state index contributed by atoms with van der Waals surface area (Å²) >= 11 is 0. The Hall–Kier alpha value is -1.30. The third-order valence-electron chi connectivity index (χ3n) is 3.76. The van der Waals surface area contributed by atoms with E-state index in [0.29, 0.717) is 26.0 Å². The Morgan fingerprint density at radius 2 is 2.05 bits per heavy atom. The molecule has 0 radical (unpaired) electrons. The molecule has 0 spiro atoms. The predicted octanol–water partition coefficient (Wildman–Crippen LogP) is 1.31. The molecule has 0 saturated heterocycles. The van der Waals surface area contributed by atoms with E-state index in [9.17, 15) is 14.7 Å². The molecule has 6 nitrogen and oxygen atoms in total. The van der Waals surface area contributed by atoms with Gasteiger partial charge in [-0.3, -0.25) is 4.79 Å². The predicted molar refractivity (Wildman–Crippen MR) is 71.0 cm³/mol. The number of amides is 2. The van der Waals surface area contributed by atoms with Crippen molar-refractivity contribution in [3.63, 3.8) is 0 Å². The van der Waals surface area contributed by atoms with E-state index in [0.717, 1.165) is 6.42 Å². The molecule has 19 heavy (non-hydrogen) atoms. The molecule has 0 heterocycles. The van der Waals surface area contributed by atoms with Gasteiger partial charge in [0.1, 0.15) is 0 Å². The van der Waals surface area contributed by atoms with Gasteiger partial charge in [-0.2, -0.15) is 0 Å². The first kappa shape index (κ1) is 15.8. The second kappa shape index (κ2) is 6.75. The van der Waals surface area contributed by atoms with Crippen molar-refractivity contribution in [2.45, 2.75) is 39.2 Å². The zero-order valence-corrected chi connectivity index (χ0v) is 11.9. The fourth-order valence-corrected chi connectivity index (χ4v) is 2.20. The molecular formula is C13H24N2O4. The van der Waals surface area contributed by atoms with Crippen molar-refractivity contribution in [3.8, 4) is 0 Å². The molecule has 1 aliphatic rings. The van der Waals surface area contributed by atoms with Gasteiger partial charge in [-0.25, -0.2) is 4.79 Å². The molecule has 0 bridgehead atoms. The number of methoxy groups -OCH3 is 1. The van der Waals surface area contributed by atoms with E-state index in [1.54, 1.807) is 12.0 Å². The van der Waals surface area contributed by atoms with Gasteiger partial charge >= 0.3 is 12.0 Å². The van der Waals surface area contributed by atoms with Gasteiger partial charge in [0.2, 0.25) is 0 Å². The van der Waals surface area contributed by atoms with E-state index in [-0.39, 0.29) is 18.6 Å². The summed E-state index contributed by atoms with van der Waals surface area (Å²) in [7, 11) is 1.59. The van der Waals surface area contributed by atoms with Crippen LogP contribution in [0.4, 0.5) is 4.79 Å². The molecule has 6 heteroatoms. The monoisotopic (exact) mass is 272 g/mol. The first-order valence-electron chi connectivity index (χ1n) is 6.70. The Morgan fingerprint density at radius 3 is 2.42 bits per heavy atom. The number of carbonyl (C=O) groups excluding carboxylic acids is 1. The number of hydrogen-bond donors (Lipinski definition) is 2. The van der Waals surface area contributed by atoms with Gasteiger partial charge in [-0.15, -0.1) is 0 Å². The summed E-state index contributed by atoms with van der Waals surface area (Å²) < 4.78 is 4.97. The molecule has 0 unspecified atom stereocenters. The highest BCUT2D eigenvalue weighted by molar-refractivity contribution is 5.79. The van der Waals surface area contributed by atoms with Crippen LogP contribution in [0.5, 0.6) is 0 Å². The second-order valence-corrected chi connectivity index (χ2v) is 5.38. The molecule has 1 saturated carbocycles. The number of ether oxygens (including phenoxy) is 1. The van der Waals surface area contributed by atoms with Gasteiger partial charge in [-0.05, 0) is 26.7 Å². The topological polar surface area (TPSA) is 78.9 Å². The molecule has 1 fully saturated rings. The number of hydrogen-bond acceptors (Lipinski definition) is 3. The number of carboxylic acid groups (broad SMARTS) is 1. The van der Waals surface area contributed by atoms with Crippen molar-refractivity contribution in [1.82, 2.24) is 10.2 Å².